The molecule has 0 spiro atoms. The normalized spacial score (nSPS) is 12.4. The highest BCUT2D eigenvalue weighted by molar-refractivity contribution is 5.11. The smallest absolute Gasteiger partial charge is 0.233 e. The lowest BCUT2D eigenvalue weighted by Gasteiger charge is -2.13. The van der Waals surface area contributed by atoms with Gasteiger partial charge in [0.2, 0.25) is 5.88 Å². The quantitative estimate of drug-likeness (QED) is 0.707. The number of aliphatic hydroxyl groups excluding tert-OH is 1. The minimum absolute atomic E-state index is 0.0835. The van der Waals surface area contributed by atoms with Crippen LogP contribution in [0.3, 0.4) is 0 Å². The van der Waals surface area contributed by atoms with E-state index >= 15 is 0 Å². The largest absolute Gasteiger partial charge is 0.474 e. The van der Waals surface area contributed by atoms with E-state index in [9.17, 15) is 0 Å². The van der Waals surface area contributed by atoms with Crippen molar-refractivity contribution in [1.29, 1.82) is 0 Å². The summed E-state index contributed by atoms with van der Waals surface area (Å²) >= 11 is 0. The predicted molar refractivity (Wildman–Crippen MR) is 66.8 cm³/mol. The molecular formula is C13H22N2O2. The molecule has 0 aliphatic carbocycles. The molecule has 0 saturated heterocycles. The van der Waals surface area contributed by atoms with Gasteiger partial charge in [0.05, 0.1) is 18.4 Å². The first-order valence-electron chi connectivity index (χ1n) is 6.36. The highest BCUT2D eigenvalue weighted by Crippen LogP contribution is 2.12. The van der Waals surface area contributed by atoms with E-state index in [2.05, 4.69) is 17.1 Å². The van der Waals surface area contributed by atoms with Gasteiger partial charge in [0.25, 0.3) is 0 Å². The molecule has 1 atom stereocenters. The third-order valence-corrected chi connectivity index (χ3v) is 2.64. The Bertz CT molecular complexity index is 301. The van der Waals surface area contributed by atoms with Crippen LogP contribution < -0.4 is 4.74 Å². The molecular weight excluding hydrogens is 216 g/mol. The van der Waals surface area contributed by atoms with Gasteiger partial charge in [-0.2, -0.15) is 0 Å². The Labute approximate surface area is 103 Å². The van der Waals surface area contributed by atoms with Crippen molar-refractivity contribution in [2.45, 2.75) is 58.7 Å². The fourth-order valence-electron chi connectivity index (χ4n) is 1.62. The molecule has 17 heavy (non-hydrogen) atoms. The van der Waals surface area contributed by atoms with Gasteiger partial charge < -0.3 is 9.84 Å². The molecule has 0 fully saturated rings. The zero-order valence-corrected chi connectivity index (χ0v) is 10.7. The van der Waals surface area contributed by atoms with E-state index in [-0.39, 0.29) is 12.7 Å². The van der Waals surface area contributed by atoms with Crippen LogP contribution in [0.4, 0.5) is 0 Å². The van der Waals surface area contributed by atoms with Gasteiger partial charge >= 0.3 is 0 Å². The average Bonchev–Trinajstić information content (AvgIpc) is 2.36. The molecule has 0 aliphatic rings. The molecule has 1 N–H and O–H groups in total. The molecule has 4 nitrogen and oxygen atoms in total. The number of hydrogen-bond acceptors (Lipinski definition) is 4. The van der Waals surface area contributed by atoms with Crippen LogP contribution in [0.1, 0.15) is 51.6 Å². The average molecular weight is 238 g/mol. The van der Waals surface area contributed by atoms with Crippen LogP contribution >= 0.6 is 0 Å². The minimum atomic E-state index is -0.0835. The number of rotatable bonds is 8. The first-order chi connectivity index (χ1) is 8.26. The molecule has 0 saturated carbocycles. The SMILES string of the molecule is CCCCCCC(C)Oc1ccc(CO)nn1. The summed E-state index contributed by atoms with van der Waals surface area (Å²) < 4.78 is 5.64. The van der Waals surface area contributed by atoms with Crippen LogP contribution in [0.25, 0.3) is 0 Å². The number of nitrogens with zero attached hydrogens (tertiary/aromatic N) is 2. The van der Waals surface area contributed by atoms with Gasteiger partial charge in [-0.1, -0.05) is 26.2 Å². The molecule has 0 radical (unpaired) electrons. The van der Waals surface area contributed by atoms with Gasteiger partial charge in [0.15, 0.2) is 0 Å². The van der Waals surface area contributed by atoms with Crippen molar-refractivity contribution in [1.82, 2.24) is 10.2 Å². The summed E-state index contributed by atoms with van der Waals surface area (Å²) in [4.78, 5) is 0. The van der Waals surface area contributed by atoms with Crippen molar-refractivity contribution >= 4 is 0 Å². The molecule has 1 aromatic heterocycles. The monoisotopic (exact) mass is 238 g/mol. The lowest BCUT2D eigenvalue weighted by atomic mass is 10.1. The van der Waals surface area contributed by atoms with Crippen molar-refractivity contribution in [3.8, 4) is 5.88 Å². The Morgan fingerprint density at radius 2 is 2.06 bits per heavy atom. The zero-order valence-electron chi connectivity index (χ0n) is 10.7. The van der Waals surface area contributed by atoms with Gasteiger partial charge in [-0.15, -0.1) is 10.2 Å². The van der Waals surface area contributed by atoms with E-state index in [1.165, 1.54) is 25.7 Å². The standard InChI is InChI=1S/C13H22N2O2/c1-3-4-5-6-7-11(2)17-13-9-8-12(10-16)14-15-13/h8-9,11,16H,3-7,10H2,1-2H3. The van der Waals surface area contributed by atoms with Crippen LogP contribution in [-0.4, -0.2) is 21.4 Å². The van der Waals surface area contributed by atoms with Gasteiger partial charge in [0, 0.05) is 6.07 Å². The number of unbranched alkanes of at least 4 members (excludes halogenated alkanes) is 3. The maximum absolute atomic E-state index is 8.83. The Balaban J connectivity index is 2.26. The lowest BCUT2D eigenvalue weighted by molar-refractivity contribution is 0.195. The van der Waals surface area contributed by atoms with Crippen LogP contribution in [0.15, 0.2) is 12.1 Å². The topological polar surface area (TPSA) is 55.2 Å². The molecule has 4 heteroatoms. The maximum atomic E-state index is 8.83. The predicted octanol–water partition coefficient (Wildman–Crippen LogP) is 2.71. The summed E-state index contributed by atoms with van der Waals surface area (Å²) in [5.41, 5.74) is 0.563. The van der Waals surface area contributed by atoms with E-state index in [4.69, 9.17) is 9.84 Å². The van der Waals surface area contributed by atoms with E-state index in [1.807, 2.05) is 6.92 Å². The Morgan fingerprint density at radius 3 is 2.65 bits per heavy atom. The van der Waals surface area contributed by atoms with Crippen molar-refractivity contribution in [3.05, 3.63) is 17.8 Å². The molecule has 0 bridgehead atoms. The van der Waals surface area contributed by atoms with Crippen molar-refractivity contribution < 1.29 is 9.84 Å². The molecule has 0 amide bonds. The summed E-state index contributed by atoms with van der Waals surface area (Å²) in [7, 11) is 0. The van der Waals surface area contributed by atoms with Crippen molar-refractivity contribution in [3.63, 3.8) is 0 Å². The summed E-state index contributed by atoms with van der Waals surface area (Å²) in [5, 5.41) is 16.6. The van der Waals surface area contributed by atoms with Crippen LogP contribution in [0.2, 0.25) is 0 Å². The zero-order chi connectivity index (χ0) is 12.5. The highest BCUT2D eigenvalue weighted by atomic mass is 16.5. The summed E-state index contributed by atoms with van der Waals surface area (Å²) in [6, 6.07) is 3.48. The molecule has 1 heterocycles. The van der Waals surface area contributed by atoms with Crippen LogP contribution in [0.5, 0.6) is 5.88 Å². The van der Waals surface area contributed by atoms with E-state index in [1.54, 1.807) is 12.1 Å². The molecule has 1 unspecified atom stereocenters. The fourth-order valence-corrected chi connectivity index (χ4v) is 1.62. The number of aromatic nitrogens is 2. The second-order valence-corrected chi connectivity index (χ2v) is 4.30. The fraction of sp³-hybridized carbons (Fsp3) is 0.692. The molecule has 0 aromatic carbocycles. The van der Waals surface area contributed by atoms with Crippen molar-refractivity contribution in [2.75, 3.05) is 0 Å². The van der Waals surface area contributed by atoms with Crippen molar-refractivity contribution in [2.24, 2.45) is 0 Å². The molecule has 1 rings (SSSR count). The van der Waals surface area contributed by atoms with Gasteiger partial charge in [0.1, 0.15) is 0 Å². The summed E-state index contributed by atoms with van der Waals surface area (Å²) in [5.74, 6) is 0.533. The van der Waals surface area contributed by atoms with Crippen LogP contribution in [0, 0.1) is 0 Å². The first-order valence-corrected chi connectivity index (χ1v) is 6.36. The second-order valence-electron chi connectivity index (χ2n) is 4.30. The lowest BCUT2D eigenvalue weighted by Crippen LogP contribution is -2.13. The number of aliphatic hydroxyl groups is 1. The summed E-state index contributed by atoms with van der Waals surface area (Å²) in [6.45, 7) is 4.17. The summed E-state index contributed by atoms with van der Waals surface area (Å²) in [6.07, 6.45) is 6.21. The van der Waals surface area contributed by atoms with Gasteiger partial charge in [-0.3, -0.25) is 0 Å². The second kappa shape index (κ2) is 8.01. The Morgan fingerprint density at radius 1 is 1.24 bits per heavy atom. The molecule has 96 valence electrons. The maximum Gasteiger partial charge on any atom is 0.233 e. The number of hydrogen-bond donors (Lipinski definition) is 1. The van der Waals surface area contributed by atoms with E-state index in [0.29, 0.717) is 11.6 Å². The van der Waals surface area contributed by atoms with Crippen LogP contribution in [-0.2, 0) is 6.61 Å². The first kappa shape index (κ1) is 13.9. The minimum Gasteiger partial charge on any atom is -0.474 e. The molecule has 1 aromatic rings. The van der Waals surface area contributed by atoms with E-state index in [0.717, 1.165) is 6.42 Å². The van der Waals surface area contributed by atoms with E-state index < -0.39 is 0 Å². The highest BCUT2D eigenvalue weighted by Gasteiger charge is 2.05. The Kier molecular flexibility index (Phi) is 6.55. The third-order valence-electron chi connectivity index (χ3n) is 2.64. The molecule has 0 aliphatic heterocycles. The Hall–Kier alpha value is -1.16. The number of ether oxygens (including phenoxy) is 1. The van der Waals surface area contributed by atoms with Gasteiger partial charge in [-0.25, -0.2) is 0 Å². The third kappa shape index (κ3) is 5.63. The van der Waals surface area contributed by atoms with Gasteiger partial charge in [-0.05, 0) is 25.8 Å².